The van der Waals surface area contributed by atoms with E-state index in [0.29, 0.717) is 19.4 Å². The van der Waals surface area contributed by atoms with Crippen LogP contribution in [0.2, 0.25) is 0 Å². The topological polar surface area (TPSA) is 81.9 Å². The van der Waals surface area contributed by atoms with Gasteiger partial charge in [-0.15, -0.1) is 0 Å². The number of rotatable bonds is 42. The van der Waals surface area contributed by atoms with E-state index in [1.807, 2.05) is 13.0 Å². The summed E-state index contributed by atoms with van der Waals surface area (Å²) >= 11 is 0. The zero-order chi connectivity index (χ0) is 39.9. The van der Waals surface area contributed by atoms with Crippen LogP contribution in [0.15, 0.2) is 10.6 Å². The van der Waals surface area contributed by atoms with Crippen molar-refractivity contribution in [2.75, 3.05) is 26.2 Å². The third kappa shape index (κ3) is 33.9. The molecule has 1 aromatic rings. The lowest BCUT2D eigenvalue weighted by atomic mass is 10.0. The number of carbonyl (C=O) groups excluding carboxylic acids is 2. The maximum absolute atomic E-state index is 12.8. The van der Waals surface area contributed by atoms with Crippen LogP contribution in [0.25, 0.3) is 0 Å². The number of aryl methyl sites for hydroxylation is 1. The maximum Gasteiger partial charge on any atom is 0.306 e. The Hall–Kier alpha value is -1.89. The van der Waals surface area contributed by atoms with Crippen molar-refractivity contribution in [2.45, 2.75) is 252 Å². The highest BCUT2D eigenvalue weighted by atomic mass is 16.5. The van der Waals surface area contributed by atoms with Gasteiger partial charge in [0.1, 0.15) is 11.9 Å². The van der Waals surface area contributed by atoms with Gasteiger partial charge in [-0.2, -0.15) is 0 Å². The highest BCUT2D eigenvalue weighted by molar-refractivity contribution is 5.69. The molecule has 7 nitrogen and oxygen atoms in total. The molecule has 0 saturated carbocycles. The molecule has 0 fully saturated rings. The minimum Gasteiger partial charge on any atom is -0.466 e. The van der Waals surface area contributed by atoms with E-state index in [4.69, 9.17) is 14.0 Å². The first kappa shape index (κ1) is 51.1. The highest BCUT2D eigenvalue weighted by Gasteiger charge is 2.15. The molecule has 0 radical (unpaired) electrons. The van der Waals surface area contributed by atoms with Crippen molar-refractivity contribution in [3.05, 3.63) is 17.5 Å². The molecular weight excluding hydrogens is 685 g/mol. The first-order valence-corrected chi connectivity index (χ1v) is 24.0. The Morgan fingerprint density at radius 3 is 1.49 bits per heavy atom. The summed E-state index contributed by atoms with van der Waals surface area (Å²) in [5.74, 6) is 0.968. The van der Waals surface area contributed by atoms with Crippen LogP contribution < -0.4 is 0 Å². The number of carbonyl (C=O) groups is 2. The lowest BCUT2D eigenvalue weighted by Gasteiger charge is -2.22. The number of hydrogen-bond acceptors (Lipinski definition) is 7. The van der Waals surface area contributed by atoms with Gasteiger partial charge >= 0.3 is 11.9 Å². The molecule has 0 aliphatic heterocycles. The lowest BCUT2D eigenvalue weighted by Crippen LogP contribution is -2.28. The summed E-state index contributed by atoms with van der Waals surface area (Å²) in [7, 11) is 0. The molecule has 0 aromatic carbocycles. The van der Waals surface area contributed by atoms with Crippen LogP contribution in [-0.4, -0.2) is 54.3 Å². The zero-order valence-corrected chi connectivity index (χ0v) is 37.0. The number of unbranched alkanes of at least 4 members (excludes halogenated alkanes) is 24. The van der Waals surface area contributed by atoms with E-state index in [2.05, 4.69) is 30.8 Å². The smallest absolute Gasteiger partial charge is 0.306 e. The van der Waals surface area contributed by atoms with Gasteiger partial charge in [0.25, 0.3) is 0 Å². The van der Waals surface area contributed by atoms with Crippen molar-refractivity contribution >= 4 is 11.9 Å². The van der Waals surface area contributed by atoms with E-state index in [-0.39, 0.29) is 18.0 Å². The SMILES string of the molecule is CCCCCCCCCOC(=O)CCCCCCCN(CCCCCCCC(=O)OC(CCCCCCCC)CCCCCCCC)CCc1cc(C)no1. The fraction of sp³-hybridized carbons (Fsp3) is 0.896. The zero-order valence-electron chi connectivity index (χ0n) is 37.0. The second-order valence-corrected chi connectivity index (χ2v) is 16.6. The van der Waals surface area contributed by atoms with Crippen molar-refractivity contribution in [2.24, 2.45) is 0 Å². The second kappa shape index (κ2) is 39.0. The van der Waals surface area contributed by atoms with Gasteiger partial charge in [0.05, 0.1) is 12.3 Å². The molecule has 0 spiro atoms. The van der Waals surface area contributed by atoms with Gasteiger partial charge in [-0.25, -0.2) is 0 Å². The maximum atomic E-state index is 12.8. The van der Waals surface area contributed by atoms with Crippen LogP contribution in [0.3, 0.4) is 0 Å². The quantitative estimate of drug-likeness (QED) is 0.0483. The van der Waals surface area contributed by atoms with E-state index in [9.17, 15) is 9.59 Å². The van der Waals surface area contributed by atoms with Crippen molar-refractivity contribution in [3.63, 3.8) is 0 Å². The molecule has 0 unspecified atom stereocenters. The second-order valence-electron chi connectivity index (χ2n) is 16.6. The Morgan fingerprint density at radius 2 is 1.00 bits per heavy atom. The first-order valence-electron chi connectivity index (χ1n) is 24.0. The minimum absolute atomic E-state index is 0.0222. The van der Waals surface area contributed by atoms with E-state index in [1.165, 1.54) is 154 Å². The van der Waals surface area contributed by atoms with Crippen molar-refractivity contribution in [3.8, 4) is 0 Å². The third-order valence-electron chi connectivity index (χ3n) is 11.1. The number of hydrogen-bond donors (Lipinski definition) is 0. The standard InChI is InChI=1S/C48H90N2O5/c1-5-8-11-14-17-26-33-42-53-47(51)36-29-22-18-24-31-39-50(41-38-46-43-44(4)49-55-46)40-32-25-19-23-30-37-48(52)54-45(34-27-20-15-12-9-6-2)35-28-21-16-13-10-7-3/h43,45H,5-42H2,1-4H3. The molecule has 7 heteroatoms. The van der Waals surface area contributed by atoms with Crippen LogP contribution >= 0.6 is 0 Å². The summed E-state index contributed by atoms with van der Waals surface area (Å²) in [6.45, 7) is 12.5. The molecule has 1 aromatic heterocycles. The average molecular weight is 775 g/mol. The molecule has 0 atom stereocenters. The Morgan fingerprint density at radius 1 is 0.564 bits per heavy atom. The largest absolute Gasteiger partial charge is 0.466 e. The van der Waals surface area contributed by atoms with Gasteiger partial charge in [0, 0.05) is 31.9 Å². The summed E-state index contributed by atoms with van der Waals surface area (Å²) < 4.78 is 17.0. The number of aromatic nitrogens is 1. The fourth-order valence-electron chi connectivity index (χ4n) is 7.54. The van der Waals surface area contributed by atoms with Gasteiger partial charge < -0.3 is 18.9 Å². The average Bonchev–Trinajstić information content (AvgIpc) is 3.60. The van der Waals surface area contributed by atoms with E-state index < -0.39 is 0 Å². The van der Waals surface area contributed by atoms with Gasteiger partial charge in [-0.05, 0) is 77.8 Å². The Balaban J connectivity index is 2.26. The third-order valence-corrected chi connectivity index (χ3v) is 11.1. The molecule has 55 heavy (non-hydrogen) atoms. The summed E-state index contributed by atoms with van der Waals surface area (Å²) in [6.07, 6.45) is 39.4. The summed E-state index contributed by atoms with van der Waals surface area (Å²) in [4.78, 5) is 27.5. The van der Waals surface area contributed by atoms with Crippen LogP contribution in [0.4, 0.5) is 0 Å². The van der Waals surface area contributed by atoms with Crippen molar-refractivity contribution in [1.82, 2.24) is 10.1 Å². The van der Waals surface area contributed by atoms with Crippen molar-refractivity contribution < 1.29 is 23.6 Å². The molecule has 0 aliphatic carbocycles. The summed E-state index contributed by atoms with van der Waals surface area (Å²) in [5.41, 5.74) is 0.943. The molecule has 0 N–H and O–H groups in total. The molecule has 0 aliphatic rings. The molecule has 1 heterocycles. The monoisotopic (exact) mass is 775 g/mol. The summed E-state index contributed by atoms with van der Waals surface area (Å²) in [5, 5.41) is 4.07. The first-order chi connectivity index (χ1) is 27.0. The van der Waals surface area contributed by atoms with E-state index in [1.54, 1.807) is 0 Å². The van der Waals surface area contributed by atoms with Crippen LogP contribution in [0.1, 0.15) is 244 Å². The van der Waals surface area contributed by atoms with E-state index in [0.717, 1.165) is 82.5 Å². The number of nitrogens with zero attached hydrogens (tertiary/aromatic N) is 2. The molecule has 1 rings (SSSR count). The van der Waals surface area contributed by atoms with Gasteiger partial charge in [-0.1, -0.05) is 167 Å². The van der Waals surface area contributed by atoms with Crippen molar-refractivity contribution in [1.29, 1.82) is 0 Å². The summed E-state index contributed by atoms with van der Waals surface area (Å²) in [6, 6.07) is 2.05. The molecule has 0 saturated heterocycles. The Bertz CT molecular complexity index is 965. The molecule has 0 bridgehead atoms. The molecule has 322 valence electrons. The predicted molar refractivity (Wildman–Crippen MR) is 232 cm³/mol. The Kier molecular flexibility index (Phi) is 36.2. The normalized spacial score (nSPS) is 11.6. The van der Waals surface area contributed by atoms with Gasteiger partial charge in [0.2, 0.25) is 0 Å². The highest BCUT2D eigenvalue weighted by Crippen LogP contribution is 2.19. The fourth-order valence-corrected chi connectivity index (χ4v) is 7.54. The molecular formula is C48H90N2O5. The predicted octanol–water partition coefficient (Wildman–Crippen LogP) is 14.2. The van der Waals surface area contributed by atoms with Crippen LogP contribution in [-0.2, 0) is 25.5 Å². The molecule has 0 amide bonds. The van der Waals surface area contributed by atoms with Gasteiger partial charge in [0.15, 0.2) is 0 Å². The van der Waals surface area contributed by atoms with E-state index >= 15 is 0 Å². The minimum atomic E-state index is -0.0222. The van der Waals surface area contributed by atoms with Gasteiger partial charge in [-0.3, -0.25) is 9.59 Å². The lowest BCUT2D eigenvalue weighted by molar-refractivity contribution is -0.150. The number of esters is 2. The Labute approximate surface area is 340 Å². The number of ether oxygens (including phenoxy) is 2. The van der Waals surface area contributed by atoms with Crippen LogP contribution in [0.5, 0.6) is 0 Å². The van der Waals surface area contributed by atoms with Crippen LogP contribution in [0, 0.1) is 6.92 Å².